The fourth-order valence-electron chi connectivity index (χ4n) is 2.48. The van der Waals surface area contributed by atoms with Crippen molar-refractivity contribution in [2.24, 2.45) is 0 Å². The summed E-state index contributed by atoms with van der Waals surface area (Å²) in [5.74, 6) is -5.76. The molecule has 0 bridgehead atoms. The first-order valence-electron chi connectivity index (χ1n) is 8.39. The van der Waals surface area contributed by atoms with Crippen molar-refractivity contribution in [1.82, 2.24) is 0 Å². The van der Waals surface area contributed by atoms with Gasteiger partial charge in [0.2, 0.25) is 5.88 Å². The lowest BCUT2D eigenvalue weighted by Crippen LogP contribution is -2.22. The second kappa shape index (κ2) is 9.09. The van der Waals surface area contributed by atoms with Crippen molar-refractivity contribution < 1.29 is 41.8 Å². The van der Waals surface area contributed by atoms with E-state index in [1.165, 1.54) is 13.8 Å². The van der Waals surface area contributed by atoms with Gasteiger partial charge in [0.1, 0.15) is 23.0 Å². The molecule has 1 N–H and O–H groups in total. The largest absolute Gasteiger partial charge is 0.462 e. The van der Waals surface area contributed by atoms with Crippen molar-refractivity contribution in [1.29, 1.82) is 0 Å². The number of carbonyl (C=O) groups is 4. The summed E-state index contributed by atoms with van der Waals surface area (Å²) < 4.78 is 41.3. The molecule has 2 rings (SSSR count). The Morgan fingerprint density at radius 1 is 1.07 bits per heavy atom. The first kappa shape index (κ1) is 21.7. The summed E-state index contributed by atoms with van der Waals surface area (Å²) in [4.78, 5) is 47.9. The van der Waals surface area contributed by atoms with Gasteiger partial charge in [0, 0.05) is 6.07 Å². The summed E-state index contributed by atoms with van der Waals surface area (Å²) in [6.45, 7) is 3.37. The Labute approximate surface area is 163 Å². The number of benzene rings is 1. The molecule has 0 aliphatic rings. The number of furan rings is 1. The summed E-state index contributed by atoms with van der Waals surface area (Å²) in [5.41, 5.74) is -0.871. The number of halogens is 2. The van der Waals surface area contributed by atoms with Crippen LogP contribution in [0.5, 0.6) is 0 Å². The first-order chi connectivity index (χ1) is 13.6. The van der Waals surface area contributed by atoms with Crippen LogP contribution in [-0.4, -0.2) is 36.8 Å². The van der Waals surface area contributed by atoms with E-state index >= 15 is 0 Å². The van der Waals surface area contributed by atoms with Crippen LogP contribution in [-0.2, 0) is 14.3 Å². The zero-order valence-electron chi connectivity index (χ0n) is 15.8. The number of aryl methyl sites for hydroxylation is 1. The standard InChI is InChI=1S/C19H17F2NO7/c1-4-27-19(26)16-15(9(2)23)10(3)29-17(16)22-14(24)8-28-18(25)12-6-5-11(20)7-13(12)21/h5-7H,4,8H2,1-3H3,(H,22,24). The van der Waals surface area contributed by atoms with Gasteiger partial charge in [-0.15, -0.1) is 0 Å². The van der Waals surface area contributed by atoms with Crippen molar-refractivity contribution >= 4 is 29.5 Å². The predicted molar refractivity (Wildman–Crippen MR) is 94.7 cm³/mol. The molecular weight excluding hydrogens is 392 g/mol. The minimum Gasteiger partial charge on any atom is -0.462 e. The summed E-state index contributed by atoms with van der Waals surface area (Å²) in [7, 11) is 0. The van der Waals surface area contributed by atoms with Crippen LogP contribution >= 0.6 is 0 Å². The minimum absolute atomic E-state index is 0.0225. The summed E-state index contributed by atoms with van der Waals surface area (Å²) in [6.07, 6.45) is 0. The lowest BCUT2D eigenvalue weighted by atomic mass is 10.1. The molecule has 29 heavy (non-hydrogen) atoms. The number of Topliss-reactive ketones (excluding diaryl/α,β-unsaturated/α-hetero) is 1. The Hall–Kier alpha value is -3.56. The molecule has 2 aromatic rings. The zero-order valence-corrected chi connectivity index (χ0v) is 15.8. The van der Waals surface area contributed by atoms with Gasteiger partial charge >= 0.3 is 11.9 Å². The fourth-order valence-corrected chi connectivity index (χ4v) is 2.48. The Balaban J connectivity index is 2.14. The third kappa shape index (κ3) is 5.03. The maximum atomic E-state index is 13.6. The van der Waals surface area contributed by atoms with E-state index in [0.717, 1.165) is 12.1 Å². The molecular formula is C19H17F2NO7. The number of nitrogens with one attached hydrogen (secondary N) is 1. The molecule has 1 amide bonds. The van der Waals surface area contributed by atoms with Crippen LogP contribution in [0.1, 0.15) is 50.7 Å². The SMILES string of the molecule is CCOC(=O)c1c(NC(=O)COC(=O)c2ccc(F)cc2F)oc(C)c1C(C)=O. The van der Waals surface area contributed by atoms with Crippen molar-refractivity contribution in [3.8, 4) is 0 Å². The van der Waals surface area contributed by atoms with Crippen LogP contribution in [0.2, 0.25) is 0 Å². The third-order valence-electron chi connectivity index (χ3n) is 3.65. The van der Waals surface area contributed by atoms with Crippen LogP contribution in [0, 0.1) is 18.6 Å². The summed E-state index contributed by atoms with van der Waals surface area (Å²) in [6, 6.07) is 2.23. The van der Waals surface area contributed by atoms with Crippen LogP contribution in [0.4, 0.5) is 14.7 Å². The van der Waals surface area contributed by atoms with Crippen molar-refractivity contribution in [3.63, 3.8) is 0 Å². The molecule has 154 valence electrons. The highest BCUT2D eigenvalue weighted by Gasteiger charge is 2.29. The first-order valence-corrected chi connectivity index (χ1v) is 8.39. The average molecular weight is 409 g/mol. The Morgan fingerprint density at radius 3 is 2.34 bits per heavy atom. The topological polar surface area (TPSA) is 112 Å². The number of amides is 1. The molecule has 1 aromatic carbocycles. The van der Waals surface area contributed by atoms with E-state index in [1.54, 1.807) is 6.92 Å². The van der Waals surface area contributed by atoms with Gasteiger partial charge in [-0.25, -0.2) is 18.4 Å². The molecule has 0 spiro atoms. The lowest BCUT2D eigenvalue weighted by molar-refractivity contribution is -0.119. The fraction of sp³-hybridized carbons (Fsp3) is 0.263. The monoisotopic (exact) mass is 409 g/mol. The second-order valence-corrected chi connectivity index (χ2v) is 5.76. The average Bonchev–Trinajstić information content (AvgIpc) is 2.96. The van der Waals surface area contributed by atoms with E-state index in [1.807, 2.05) is 0 Å². The molecule has 0 fully saturated rings. The van der Waals surface area contributed by atoms with Crippen molar-refractivity contribution in [2.45, 2.75) is 20.8 Å². The van der Waals surface area contributed by atoms with Crippen LogP contribution in [0.25, 0.3) is 0 Å². The molecule has 0 saturated carbocycles. The third-order valence-corrected chi connectivity index (χ3v) is 3.65. The quantitative estimate of drug-likeness (QED) is 0.553. The minimum atomic E-state index is -1.19. The van der Waals surface area contributed by atoms with Gasteiger partial charge in [0.15, 0.2) is 12.4 Å². The van der Waals surface area contributed by atoms with E-state index in [-0.39, 0.29) is 29.4 Å². The van der Waals surface area contributed by atoms with Gasteiger partial charge in [-0.2, -0.15) is 0 Å². The molecule has 8 nitrogen and oxygen atoms in total. The Kier molecular flexibility index (Phi) is 6.81. The van der Waals surface area contributed by atoms with Crippen LogP contribution < -0.4 is 5.32 Å². The smallest absolute Gasteiger partial charge is 0.344 e. The highest BCUT2D eigenvalue weighted by Crippen LogP contribution is 2.28. The lowest BCUT2D eigenvalue weighted by Gasteiger charge is -2.07. The molecule has 0 atom stereocenters. The van der Waals surface area contributed by atoms with E-state index in [2.05, 4.69) is 10.1 Å². The predicted octanol–water partition coefficient (Wildman–Crippen LogP) is 3.04. The highest BCUT2D eigenvalue weighted by atomic mass is 19.1. The molecule has 1 heterocycles. The molecule has 10 heteroatoms. The Morgan fingerprint density at radius 2 is 1.76 bits per heavy atom. The number of hydrogen-bond donors (Lipinski definition) is 1. The molecule has 0 aliphatic heterocycles. The van der Waals surface area contributed by atoms with Crippen LogP contribution in [0.3, 0.4) is 0 Å². The maximum absolute atomic E-state index is 13.6. The normalized spacial score (nSPS) is 10.4. The molecule has 0 unspecified atom stereocenters. The second-order valence-electron chi connectivity index (χ2n) is 5.76. The van der Waals surface area contributed by atoms with Gasteiger partial charge in [-0.05, 0) is 32.9 Å². The van der Waals surface area contributed by atoms with Gasteiger partial charge in [-0.3, -0.25) is 14.9 Å². The molecule has 0 saturated heterocycles. The maximum Gasteiger partial charge on any atom is 0.344 e. The zero-order chi connectivity index (χ0) is 21.7. The number of ketones is 1. The van der Waals surface area contributed by atoms with E-state index in [9.17, 15) is 28.0 Å². The number of anilines is 1. The number of hydrogen-bond acceptors (Lipinski definition) is 7. The van der Waals surface area contributed by atoms with E-state index < -0.39 is 47.4 Å². The van der Waals surface area contributed by atoms with Crippen molar-refractivity contribution in [3.05, 3.63) is 52.3 Å². The van der Waals surface area contributed by atoms with Crippen molar-refractivity contribution in [2.75, 3.05) is 18.5 Å². The summed E-state index contributed by atoms with van der Waals surface area (Å²) >= 11 is 0. The highest BCUT2D eigenvalue weighted by molar-refractivity contribution is 6.10. The molecule has 1 aromatic heterocycles. The number of carbonyl (C=O) groups excluding carboxylic acids is 4. The molecule has 0 radical (unpaired) electrons. The number of esters is 2. The van der Waals surface area contributed by atoms with Gasteiger partial charge in [0.25, 0.3) is 5.91 Å². The van der Waals surface area contributed by atoms with Gasteiger partial charge < -0.3 is 13.9 Å². The summed E-state index contributed by atoms with van der Waals surface area (Å²) in [5, 5.41) is 2.21. The Bertz CT molecular complexity index is 981. The number of ether oxygens (including phenoxy) is 2. The van der Waals surface area contributed by atoms with Crippen LogP contribution in [0.15, 0.2) is 22.6 Å². The van der Waals surface area contributed by atoms with E-state index in [4.69, 9.17) is 9.15 Å². The molecule has 0 aliphatic carbocycles. The number of rotatable bonds is 7. The van der Waals surface area contributed by atoms with Gasteiger partial charge in [-0.1, -0.05) is 0 Å². The van der Waals surface area contributed by atoms with Gasteiger partial charge in [0.05, 0.1) is 17.7 Å². The van der Waals surface area contributed by atoms with E-state index in [0.29, 0.717) is 6.07 Å².